The highest BCUT2D eigenvalue weighted by Crippen LogP contribution is 2.40. The maximum Gasteiger partial charge on any atom is 0.418 e. The predicted octanol–water partition coefficient (Wildman–Crippen LogP) is 5.53. The molecule has 3 atom stereocenters. The normalized spacial score (nSPS) is 22.7. The highest BCUT2D eigenvalue weighted by atomic mass is 19.4. The van der Waals surface area contributed by atoms with Crippen molar-refractivity contribution in [2.24, 2.45) is 5.92 Å². The summed E-state index contributed by atoms with van der Waals surface area (Å²) in [6.07, 6.45) is -8.32. The van der Waals surface area contributed by atoms with E-state index in [0.29, 0.717) is 12.8 Å². The van der Waals surface area contributed by atoms with Gasteiger partial charge in [-0.05, 0) is 64.3 Å². The molecule has 2 amide bonds. The summed E-state index contributed by atoms with van der Waals surface area (Å²) < 4.78 is 87.8. The first-order valence-corrected chi connectivity index (χ1v) is 12.6. The molecule has 0 radical (unpaired) electrons. The Morgan fingerprint density at radius 3 is 2.41 bits per heavy atom. The topological polar surface area (TPSA) is 74.8 Å². The number of piperidine rings is 1. The van der Waals surface area contributed by atoms with Gasteiger partial charge >= 0.3 is 18.4 Å². The van der Waals surface area contributed by atoms with Gasteiger partial charge in [0, 0.05) is 42.9 Å². The van der Waals surface area contributed by atoms with Crippen molar-refractivity contribution in [2.75, 3.05) is 24.5 Å². The fourth-order valence-electron chi connectivity index (χ4n) is 5.18. The molecule has 0 spiro atoms. The minimum Gasteiger partial charge on any atom is -0.444 e. The molecule has 7 nitrogen and oxygen atoms in total. The van der Waals surface area contributed by atoms with Crippen LogP contribution in [0.3, 0.4) is 0 Å². The van der Waals surface area contributed by atoms with Crippen molar-refractivity contribution >= 4 is 28.6 Å². The summed E-state index contributed by atoms with van der Waals surface area (Å²) >= 11 is 0. The van der Waals surface area contributed by atoms with Gasteiger partial charge in [0.1, 0.15) is 11.6 Å². The van der Waals surface area contributed by atoms with E-state index in [-0.39, 0.29) is 29.7 Å². The molecule has 2 aliphatic heterocycles. The van der Waals surface area contributed by atoms with Crippen molar-refractivity contribution in [1.82, 2.24) is 15.2 Å². The number of nitrogens with one attached hydrogen (secondary N) is 1. The summed E-state index contributed by atoms with van der Waals surface area (Å²) in [5.41, 5.74) is -1.98. The minimum atomic E-state index is -4.70. The maximum absolute atomic E-state index is 13.9. The van der Waals surface area contributed by atoms with Crippen LogP contribution in [0.2, 0.25) is 0 Å². The molecule has 1 N–H and O–H groups in total. The standard InChI is InChI=1S/C26H30F6N4O3/c1-24(2,3)39-23(38)36-11-5-7-20(36)22(37)34-16-12-15(25(27,28)29)13-35(14-16)19-9-8-18(26(30,31)32)21-17(19)6-4-10-33-21/h4,6,8-10,15-16,20H,5,7,11-14H2,1-3H3,(H,34,37)/t15-,16+,20-/m0/s1. The molecule has 13 heteroatoms. The van der Waals surface area contributed by atoms with Crippen molar-refractivity contribution in [3.05, 3.63) is 36.0 Å². The number of hydrogen-bond acceptors (Lipinski definition) is 5. The number of aromatic nitrogens is 1. The van der Waals surface area contributed by atoms with Crippen LogP contribution in [-0.2, 0) is 15.7 Å². The van der Waals surface area contributed by atoms with E-state index in [9.17, 15) is 35.9 Å². The molecule has 0 aliphatic carbocycles. The molecule has 0 unspecified atom stereocenters. The summed E-state index contributed by atoms with van der Waals surface area (Å²) in [6, 6.07) is 2.90. The van der Waals surface area contributed by atoms with Gasteiger partial charge in [0.25, 0.3) is 0 Å². The van der Waals surface area contributed by atoms with Crippen molar-refractivity contribution in [1.29, 1.82) is 0 Å². The predicted molar refractivity (Wildman–Crippen MR) is 131 cm³/mol. The molecule has 2 saturated heterocycles. The van der Waals surface area contributed by atoms with Crippen LogP contribution in [0.1, 0.15) is 45.6 Å². The molecule has 1 aromatic heterocycles. The fraction of sp³-hybridized carbons (Fsp3) is 0.577. The lowest BCUT2D eigenvalue weighted by atomic mass is 9.92. The first-order chi connectivity index (χ1) is 18.0. The third-order valence-corrected chi connectivity index (χ3v) is 6.84. The smallest absolute Gasteiger partial charge is 0.418 e. The van der Waals surface area contributed by atoms with Crippen LogP contribution in [-0.4, -0.2) is 65.4 Å². The van der Waals surface area contributed by atoms with E-state index < -0.39 is 66.5 Å². The number of fused-ring (bicyclic) bond motifs is 1. The van der Waals surface area contributed by atoms with Crippen LogP contribution >= 0.6 is 0 Å². The number of alkyl halides is 6. The quantitative estimate of drug-likeness (QED) is 0.500. The van der Waals surface area contributed by atoms with Gasteiger partial charge in [-0.25, -0.2) is 4.79 Å². The van der Waals surface area contributed by atoms with Crippen LogP contribution < -0.4 is 10.2 Å². The second kappa shape index (κ2) is 10.4. The van der Waals surface area contributed by atoms with E-state index in [4.69, 9.17) is 4.74 Å². The van der Waals surface area contributed by atoms with Crippen molar-refractivity contribution in [3.8, 4) is 0 Å². The molecule has 0 saturated carbocycles. The Kier molecular flexibility index (Phi) is 7.65. The molecule has 0 bridgehead atoms. The van der Waals surface area contributed by atoms with Gasteiger partial charge in [-0.15, -0.1) is 0 Å². The molecule has 2 fully saturated rings. The summed E-state index contributed by atoms with van der Waals surface area (Å²) in [5, 5.41) is 2.73. The number of amides is 2. The number of likely N-dealkylation sites (tertiary alicyclic amines) is 1. The monoisotopic (exact) mass is 560 g/mol. The minimum absolute atomic E-state index is 0.0621. The van der Waals surface area contributed by atoms with E-state index in [1.165, 1.54) is 28.1 Å². The second-order valence-corrected chi connectivity index (χ2v) is 10.9. The van der Waals surface area contributed by atoms with Gasteiger partial charge in [-0.3, -0.25) is 14.7 Å². The van der Waals surface area contributed by atoms with Gasteiger partial charge in [-0.1, -0.05) is 0 Å². The molecule has 4 rings (SSSR count). The number of pyridine rings is 1. The van der Waals surface area contributed by atoms with Crippen LogP contribution in [0.25, 0.3) is 10.9 Å². The van der Waals surface area contributed by atoms with Crippen LogP contribution in [0.5, 0.6) is 0 Å². The Hall–Kier alpha value is -3.25. The van der Waals surface area contributed by atoms with Gasteiger partial charge in [0.2, 0.25) is 5.91 Å². The summed E-state index contributed by atoms with van der Waals surface area (Å²) in [5.74, 6) is -2.43. The zero-order valence-corrected chi connectivity index (χ0v) is 21.7. The lowest BCUT2D eigenvalue weighted by Crippen LogP contribution is -2.57. The Morgan fingerprint density at radius 1 is 1.05 bits per heavy atom. The Balaban J connectivity index is 1.60. The first kappa shape index (κ1) is 28.8. The van der Waals surface area contributed by atoms with Crippen LogP contribution in [0.15, 0.2) is 30.5 Å². The van der Waals surface area contributed by atoms with Crippen molar-refractivity contribution in [2.45, 2.75) is 70.1 Å². The van der Waals surface area contributed by atoms with E-state index in [1.807, 2.05) is 0 Å². The van der Waals surface area contributed by atoms with E-state index in [2.05, 4.69) is 10.3 Å². The van der Waals surface area contributed by atoms with Gasteiger partial charge in [0.05, 0.1) is 17.0 Å². The molecule has 2 aromatic rings. The molecule has 39 heavy (non-hydrogen) atoms. The van der Waals surface area contributed by atoms with Gasteiger partial charge in [0.15, 0.2) is 0 Å². The van der Waals surface area contributed by atoms with E-state index >= 15 is 0 Å². The largest absolute Gasteiger partial charge is 0.444 e. The molecule has 3 heterocycles. The highest BCUT2D eigenvalue weighted by molar-refractivity contribution is 5.94. The van der Waals surface area contributed by atoms with Crippen molar-refractivity contribution in [3.63, 3.8) is 0 Å². The zero-order valence-electron chi connectivity index (χ0n) is 21.7. The number of ether oxygens (including phenoxy) is 1. The Bertz CT molecular complexity index is 1230. The number of hydrogen-bond donors (Lipinski definition) is 1. The number of nitrogens with zero attached hydrogens (tertiary/aromatic N) is 3. The Labute approximate surface area is 221 Å². The number of halogens is 6. The lowest BCUT2D eigenvalue weighted by Gasteiger charge is -2.41. The number of benzene rings is 1. The summed E-state index contributed by atoms with van der Waals surface area (Å²) in [7, 11) is 0. The first-order valence-electron chi connectivity index (χ1n) is 12.6. The van der Waals surface area contributed by atoms with Gasteiger partial charge in [-0.2, -0.15) is 26.3 Å². The molecule has 2 aliphatic rings. The number of anilines is 1. The average molecular weight is 561 g/mol. The SMILES string of the molecule is CC(C)(C)OC(=O)N1CCC[C@H]1C(=O)N[C@@H]1C[C@H](C(F)(F)F)CN(c2ccc(C(F)(F)F)c3ncccc23)C1. The number of carbonyl (C=O) groups excluding carboxylic acids is 2. The maximum atomic E-state index is 13.9. The third-order valence-electron chi connectivity index (χ3n) is 6.84. The lowest BCUT2D eigenvalue weighted by molar-refractivity contribution is -0.178. The molecule has 214 valence electrons. The fourth-order valence-corrected chi connectivity index (χ4v) is 5.18. The third kappa shape index (κ3) is 6.50. The van der Waals surface area contributed by atoms with E-state index in [1.54, 1.807) is 20.8 Å². The summed E-state index contributed by atoms with van der Waals surface area (Å²) in [4.78, 5) is 32.2. The Morgan fingerprint density at radius 2 is 1.77 bits per heavy atom. The van der Waals surface area contributed by atoms with Gasteiger partial charge < -0.3 is 15.0 Å². The van der Waals surface area contributed by atoms with Crippen LogP contribution in [0.4, 0.5) is 36.8 Å². The molecular weight excluding hydrogens is 530 g/mol. The average Bonchev–Trinajstić information content (AvgIpc) is 3.31. The van der Waals surface area contributed by atoms with Crippen molar-refractivity contribution < 1.29 is 40.7 Å². The zero-order chi connectivity index (χ0) is 28.8. The van der Waals surface area contributed by atoms with E-state index in [0.717, 1.165) is 12.1 Å². The number of rotatable bonds is 3. The molecular formula is C26H30F6N4O3. The summed E-state index contributed by atoms with van der Waals surface area (Å²) in [6.45, 7) is 4.78. The highest BCUT2D eigenvalue weighted by Gasteiger charge is 2.46. The van der Waals surface area contributed by atoms with Crippen LogP contribution in [0, 0.1) is 5.92 Å². The number of carbonyl (C=O) groups is 2. The second-order valence-electron chi connectivity index (χ2n) is 10.9. The molecule has 1 aromatic carbocycles.